The van der Waals surface area contributed by atoms with Crippen molar-refractivity contribution in [2.45, 2.75) is 13.3 Å². The van der Waals surface area contributed by atoms with Crippen molar-refractivity contribution < 1.29 is 28.0 Å². The predicted molar refractivity (Wildman–Crippen MR) is 115 cm³/mol. The van der Waals surface area contributed by atoms with Gasteiger partial charge in [0.25, 0.3) is 5.91 Å². The average molecular weight is 482 g/mol. The summed E-state index contributed by atoms with van der Waals surface area (Å²) in [4.78, 5) is 31.4. The van der Waals surface area contributed by atoms with Crippen LogP contribution in [0.2, 0.25) is 0 Å². The molecule has 32 heavy (non-hydrogen) atoms. The molecule has 0 atom stereocenters. The number of amides is 1. The van der Waals surface area contributed by atoms with Crippen molar-refractivity contribution in [3.63, 3.8) is 0 Å². The molecule has 1 aliphatic heterocycles. The minimum Gasteiger partial charge on any atom is -0.549 e. The van der Waals surface area contributed by atoms with Crippen LogP contribution in [0.4, 0.5) is 5.69 Å². The quantitative estimate of drug-likeness (QED) is 0.253. The molecule has 1 aliphatic rings. The lowest BCUT2D eigenvalue weighted by Gasteiger charge is -2.17. The van der Waals surface area contributed by atoms with Crippen LogP contribution in [-0.4, -0.2) is 44.4 Å². The first-order chi connectivity index (χ1) is 15.0. The van der Waals surface area contributed by atoms with E-state index < -0.39 is 38.4 Å². The number of phenols is 2. The van der Waals surface area contributed by atoms with Crippen molar-refractivity contribution >= 4 is 32.9 Å². The molecule has 0 radical (unpaired) electrons. The summed E-state index contributed by atoms with van der Waals surface area (Å²) < 4.78 is 40.1. The Bertz CT molecular complexity index is 1360. The number of phenolic OH excluding ortho intramolecular Hbond substituents is 2. The van der Waals surface area contributed by atoms with Crippen LogP contribution in [0.15, 0.2) is 46.0 Å². The summed E-state index contributed by atoms with van der Waals surface area (Å²) in [6.45, 7) is 1.54. The Kier molecular flexibility index (Phi) is 6.38. The third-order valence-corrected chi connectivity index (χ3v) is 6.47. The van der Waals surface area contributed by atoms with Crippen molar-refractivity contribution in [2.24, 2.45) is 0 Å². The smallest absolute Gasteiger partial charge is 0.359 e. The van der Waals surface area contributed by atoms with Crippen LogP contribution < -0.4 is 20.1 Å². The molecule has 0 aliphatic carbocycles. The van der Waals surface area contributed by atoms with Gasteiger partial charge in [0.15, 0.2) is 0 Å². The van der Waals surface area contributed by atoms with Gasteiger partial charge in [-0.1, -0.05) is 23.8 Å². The molecule has 12 nitrogen and oxygen atoms in total. The number of nitrogens with zero attached hydrogens (tertiary/aromatic N) is 1. The summed E-state index contributed by atoms with van der Waals surface area (Å²) in [7, 11) is -3.96. The molecule has 5 N–H and O–H groups in total. The number of aromatic nitrogens is 2. The van der Waals surface area contributed by atoms with Gasteiger partial charge in [-0.25, -0.2) is 9.03 Å². The van der Waals surface area contributed by atoms with Gasteiger partial charge < -0.3 is 14.8 Å². The fourth-order valence-corrected chi connectivity index (χ4v) is 4.65. The van der Waals surface area contributed by atoms with E-state index >= 15 is 0 Å². The third-order valence-electron chi connectivity index (χ3n) is 4.34. The highest BCUT2D eigenvalue weighted by molar-refractivity contribution is 7.92. The van der Waals surface area contributed by atoms with Gasteiger partial charge in [0, 0.05) is 6.42 Å². The van der Waals surface area contributed by atoms with E-state index in [0.717, 1.165) is 9.87 Å². The highest BCUT2D eigenvalue weighted by Gasteiger charge is 2.35. The molecule has 3 aromatic rings. The number of hydrogen-bond acceptors (Lipinski definition) is 8. The second-order valence-corrected chi connectivity index (χ2v) is 9.34. The highest BCUT2D eigenvalue weighted by Crippen LogP contribution is 2.32. The van der Waals surface area contributed by atoms with Gasteiger partial charge in [0.1, 0.15) is 29.2 Å². The van der Waals surface area contributed by atoms with Crippen molar-refractivity contribution in [2.75, 3.05) is 10.8 Å². The largest absolute Gasteiger partial charge is 0.549 e. The number of rotatable bonds is 3. The number of hydrogen-bond donors (Lipinski definition) is 5. The minimum absolute atomic E-state index is 0.0329. The first kappa shape index (κ1) is 23.1. The lowest BCUT2D eigenvalue weighted by molar-refractivity contribution is -0.117. The maximum atomic E-state index is 11.8. The molecule has 0 bridgehead atoms. The van der Waals surface area contributed by atoms with E-state index in [1.807, 2.05) is 26.5 Å². The molecule has 14 heteroatoms. The second-order valence-electron chi connectivity index (χ2n) is 6.80. The number of anilines is 1. The SMILES string of the molecule is Cc1ccc(O)c(Cc2ccc(N3CC(=O)NS3(=O)=O)c(O)c2)c1.O=c1[nH][s+]([O-])[nH]c1=O. The molecule has 1 fully saturated rings. The molecule has 1 aromatic heterocycles. The molecular formula is C18H18N4O8S2. The monoisotopic (exact) mass is 482 g/mol. The molecule has 0 unspecified atom stereocenters. The third kappa shape index (κ3) is 5.16. The standard InChI is InChI=1S/C16H16N2O5S.C2H2N2O3S/c1-10-2-5-14(19)12(6-10)7-11-3-4-13(15(20)8-11)18-9-16(21)17-24(18,22)23;5-1-2(6)4-8(7)3-1/h2-6,8,19-20H,7,9H2,1H3,(H,17,21);(H,3,5)(H,4,6). The Balaban J connectivity index is 0.000000305. The average Bonchev–Trinajstić information content (AvgIpc) is 3.13. The molecule has 1 saturated heterocycles. The maximum absolute atomic E-state index is 11.8. The van der Waals surface area contributed by atoms with E-state index in [2.05, 4.69) is 0 Å². The summed E-state index contributed by atoms with van der Waals surface area (Å²) in [6.07, 6.45) is 0.380. The van der Waals surface area contributed by atoms with Crippen molar-refractivity contribution in [1.82, 2.24) is 13.5 Å². The van der Waals surface area contributed by atoms with Gasteiger partial charge in [-0.05, 0) is 36.2 Å². The van der Waals surface area contributed by atoms with Gasteiger partial charge in [-0.15, -0.1) is 8.75 Å². The van der Waals surface area contributed by atoms with E-state index in [9.17, 15) is 37.6 Å². The molecule has 170 valence electrons. The van der Waals surface area contributed by atoms with E-state index in [0.29, 0.717) is 17.5 Å². The molecule has 0 saturated carbocycles. The summed E-state index contributed by atoms with van der Waals surface area (Å²) >= 11 is -1.68. The Morgan fingerprint density at radius 2 is 1.69 bits per heavy atom. The Labute approximate surface area is 184 Å². The Hall–Kier alpha value is -3.62. The van der Waals surface area contributed by atoms with Crippen LogP contribution in [-0.2, 0) is 21.4 Å². The van der Waals surface area contributed by atoms with Gasteiger partial charge in [-0.3, -0.25) is 14.4 Å². The van der Waals surface area contributed by atoms with Crippen molar-refractivity contribution in [3.05, 3.63) is 73.8 Å². The van der Waals surface area contributed by atoms with Crippen LogP contribution in [0.1, 0.15) is 16.7 Å². The van der Waals surface area contributed by atoms with E-state index in [-0.39, 0.29) is 23.7 Å². The first-order valence-corrected chi connectivity index (χ1v) is 11.5. The van der Waals surface area contributed by atoms with Crippen LogP contribution in [0.25, 0.3) is 0 Å². The molecule has 1 amide bonds. The minimum atomic E-state index is -3.96. The van der Waals surface area contributed by atoms with Gasteiger partial charge >= 0.3 is 21.3 Å². The van der Waals surface area contributed by atoms with Crippen molar-refractivity contribution in [3.8, 4) is 11.5 Å². The number of aromatic amines is 2. The number of aryl methyl sites for hydroxylation is 1. The molecular weight excluding hydrogens is 464 g/mol. The van der Waals surface area contributed by atoms with Gasteiger partial charge in [-0.2, -0.15) is 8.42 Å². The normalized spacial score (nSPS) is 14.6. The van der Waals surface area contributed by atoms with Crippen LogP contribution >= 0.6 is 11.1 Å². The summed E-state index contributed by atoms with van der Waals surface area (Å²) in [6, 6.07) is 9.75. The number of carbonyl (C=O) groups is 1. The summed E-state index contributed by atoms with van der Waals surface area (Å²) in [5, 5.41) is 20.1. The maximum Gasteiger partial charge on any atom is 0.359 e. The lowest BCUT2D eigenvalue weighted by Crippen LogP contribution is -2.29. The highest BCUT2D eigenvalue weighted by atomic mass is 32.2. The van der Waals surface area contributed by atoms with Crippen LogP contribution in [0, 0.1) is 6.92 Å². The molecule has 2 aromatic carbocycles. The first-order valence-electron chi connectivity index (χ1n) is 8.93. The number of nitrogens with one attached hydrogen (secondary N) is 3. The fraction of sp³-hybridized carbons (Fsp3) is 0.167. The lowest BCUT2D eigenvalue weighted by atomic mass is 10.0. The molecule has 0 spiro atoms. The molecule has 4 rings (SSSR count). The number of carbonyl (C=O) groups excluding carboxylic acids is 1. The Morgan fingerprint density at radius 3 is 2.19 bits per heavy atom. The second kappa shape index (κ2) is 8.86. The van der Waals surface area contributed by atoms with E-state index in [1.165, 1.54) is 12.1 Å². The van der Waals surface area contributed by atoms with Crippen molar-refractivity contribution in [1.29, 1.82) is 0 Å². The topological polar surface area (TPSA) is 196 Å². The zero-order valence-electron chi connectivity index (χ0n) is 16.5. The number of aromatic hydroxyl groups is 2. The van der Waals surface area contributed by atoms with E-state index in [1.54, 1.807) is 18.2 Å². The van der Waals surface area contributed by atoms with Crippen LogP contribution in [0.5, 0.6) is 11.5 Å². The fourth-order valence-electron chi connectivity index (χ4n) is 2.91. The van der Waals surface area contributed by atoms with Gasteiger partial charge in [0.05, 0.1) is 5.69 Å². The summed E-state index contributed by atoms with van der Waals surface area (Å²) in [5.74, 6) is -0.746. The Morgan fingerprint density at radius 1 is 1.03 bits per heavy atom. The van der Waals surface area contributed by atoms with E-state index in [4.69, 9.17) is 0 Å². The number of H-pyrrole nitrogens is 2. The number of benzene rings is 2. The zero-order chi connectivity index (χ0) is 23.6. The zero-order valence-corrected chi connectivity index (χ0v) is 18.1. The van der Waals surface area contributed by atoms with Gasteiger partial charge in [0.2, 0.25) is 0 Å². The predicted octanol–water partition coefficient (Wildman–Crippen LogP) is -0.0312. The summed E-state index contributed by atoms with van der Waals surface area (Å²) in [5.41, 5.74) is 0.745. The molecule has 2 heterocycles. The van der Waals surface area contributed by atoms with Crippen LogP contribution in [0.3, 0.4) is 0 Å².